The summed E-state index contributed by atoms with van der Waals surface area (Å²) in [6, 6.07) is 8.10. The molecule has 168 valence electrons. The van der Waals surface area contributed by atoms with Crippen LogP contribution in [0.15, 0.2) is 24.3 Å². The molecule has 0 aromatic heterocycles. The number of benzene rings is 2. The van der Waals surface area contributed by atoms with Crippen LogP contribution in [0.4, 0.5) is 17.6 Å². The summed E-state index contributed by atoms with van der Waals surface area (Å²) >= 11 is 0. The fourth-order valence-corrected chi connectivity index (χ4v) is 2.26. The Labute approximate surface area is 198 Å². The van der Waals surface area contributed by atoms with Crippen LogP contribution in [0.3, 0.4) is 0 Å². The zero-order valence-electron chi connectivity index (χ0n) is 18.4. The number of carbonyl (C=O) groups is 2. The van der Waals surface area contributed by atoms with Gasteiger partial charge < -0.3 is 24.4 Å². The Kier molecular flexibility index (Phi) is 19.5. The zero-order valence-corrected chi connectivity index (χ0v) is 19.9. The first-order valence-electron chi connectivity index (χ1n) is 9.11. The second-order valence-corrected chi connectivity index (χ2v) is 6.12. The molecule has 0 saturated carbocycles. The second-order valence-electron chi connectivity index (χ2n) is 6.12. The molecule has 0 spiro atoms. The first-order chi connectivity index (χ1) is 13.3. The maximum atomic E-state index is 13.0. The minimum absolute atomic E-state index is 0. The summed E-state index contributed by atoms with van der Waals surface area (Å²) in [6.07, 6.45) is 3.78. The van der Waals surface area contributed by atoms with Crippen LogP contribution in [0, 0.1) is 50.3 Å². The molecule has 31 heavy (non-hydrogen) atoms. The van der Waals surface area contributed by atoms with E-state index in [4.69, 9.17) is 0 Å². The number of carbonyl (C=O) groups excluding carboxylic acids is 2. The van der Waals surface area contributed by atoms with Crippen LogP contribution in [-0.4, -0.2) is 11.6 Å². The molecule has 0 bridgehead atoms. The van der Waals surface area contributed by atoms with Gasteiger partial charge in [0, 0.05) is 23.3 Å². The SMILES string of the molecule is CCCCC(=O)c1ccc(F)[c-]c1F.CCCCC(=O)c1ccc(F)[c-]c1F.[CH3-].[CH3-].[Ti+4]. The average Bonchev–Trinajstić information content (AvgIpc) is 2.64. The van der Waals surface area contributed by atoms with Crippen LogP contribution in [0.2, 0.25) is 0 Å². The normalized spacial score (nSPS) is 9.23. The van der Waals surface area contributed by atoms with Crippen LogP contribution < -0.4 is 0 Å². The zero-order chi connectivity index (χ0) is 21.1. The molecule has 7 heteroatoms. The van der Waals surface area contributed by atoms with Gasteiger partial charge in [-0.15, -0.1) is 24.3 Å². The minimum atomic E-state index is -0.897. The monoisotopic (exact) mass is 472 g/mol. The minimum Gasteiger partial charge on any atom is -0.358 e. The van der Waals surface area contributed by atoms with Gasteiger partial charge in [-0.25, -0.2) is 17.6 Å². The van der Waals surface area contributed by atoms with Crippen molar-refractivity contribution in [3.8, 4) is 0 Å². The van der Waals surface area contributed by atoms with E-state index in [1.807, 2.05) is 26.0 Å². The molecule has 0 amide bonds. The van der Waals surface area contributed by atoms with E-state index in [2.05, 4.69) is 0 Å². The Morgan fingerprint density at radius 2 is 1.03 bits per heavy atom. The van der Waals surface area contributed by atoms with E-state index < -0.39 is 23.3 Å². The van der Waals surface area contributed by atoms with Gasteiger partial charge in [0.15, 0.2) is 0 Å². The van der Waals surface area contributed by atoms with E-state index in [1.54, 1.807) is 0 Å². The third-order valence-corrected chi connectivity index (χ3v) is 3.84. The maximum Gasteiger partial charge on any atom is 4.00 e. The average molecular weight is 472 g/mol. The Balaban J connectivity index is -0.000000461. The van der Waals surface area contributed by atoms with Gasteiger partial charge in [-0.1, -0.05) is 37.8 Å². The fourth-order valence-electron chi connectivity index (χ4n) is 2.26. The van der Waals surface area contributed by atoms with E-state index in [-0.39, 0.29) is 59.3 Å². The molecule has 2 aromatic rings. The molecule has 0 aliphatic carbocycles. The van der Waals surface area contributed by atoms with Crippen LogP contribution in [-0.2, 0) is 21.7 Å². The Morgan fingerprint density at radius 1 is 0.710 bits per heavy atom. The second kappa shape index (κ2) is 17.9. The van der Waals surface area contributed by atoms with E-state index in [0.717, 1.165) is 37.8 Å². The molecule has 2 aromatic carbocycles. The molecule has 0 N–H and O–H groups in total. The van der Waals surface area contributed by atoms with Crippen molar-refractivity contribution in [1.29, 1.82) is 0 Å². The van der Waals surface area contributed by atoms with Crippen molar-refractivity contribution in [2.75, 3.05) is 0 Å². The number of halogens is 4. The van der Waals surface area contributed by atoms with Gasteiger partial charge in [0.2, 0.25) is 0 Å². The Hall–Kier alpha value is -1.79. The Morgan fingerprint density at radius 3 is 1.29 bits per heavy atom. The van der Waals surface area contributed by atoms with Crippen LogP contribution >= 0.6 is 0 Å². The molecule has 0 radical (unpaired) electrons. The molecule has 0 atom stereocenters. The summed E-state index contributed by atoms with van der Waals surface area (Å²) in [7, 11) is 0. The summed E-state index contributed by atoms with van der Waals surface area (Å²) < 4.78 is 50.9. The third kappa shape index (κ3) is 12.0. The number of hydrogen-bond acceptors (Lipinski definition) is 2. The summed E-state index contributed by atoms with van der Waals surface area (Å²) in [5, 5.41) is 0. The Bertz CT molecular complexity index is 743. The van der Waals surface area contributed by atoms with Gasteiger partial charge in [0.1, 0.15) is 11.6 Å². The number of Topliss-reactive ketones (excluding diaryl/α,β-unsaturated/α-hetero) is 2. The molecule has 0 unspecified atom stereocenters. The third-order valence-electron chi connectivity index (χ3n) is 3.84. The maximum absolute atomic E-state index is 13.0. The molecular formula is C24H28F4O2Ti. The number of hydrogen-bond donors (Lipinski definition) is 0. The van der Waals surface area contributed by atoms with Crippen molar-refractivity contribution in [2.24, 2.45) is 0 Å². The molecule has 0 aliphatic heterocycles. The molecular weight excluding hydrogens is 444 g/mol. The first-order valence-corrected chi connectivity index (χ1v) is 9.11. The quantitative estimate of drug-likeness (QED) is 0.177. The van der Waals surface area contributed by atoms with Gasteiger partial charge in [-0.3, -0.25) is 0 Å². The smallest absolute Gasteiger partial charge is 0.358 e. The van der Waals surface area contributed by atoms with Crippen LogP contribution in [0.1, 0.15) is 73.1 Å². The number of rotatable bonds is 8. The molecule has 0 heterocycles. The van der Waals surface area contributed by atoms with Crippen molar-refractivity contribution in [3.05, 3.63) is 85.6 Å². The standard InChI is InChI=1S/2C11H11F2O.2CH3.Ti/c2*1-2-3-4-11(14)9-6-5-8(12)7-10(9)13;;;/h2*5-6H,2-4H2,1H3;2*1H3;/q4*-1;+4. The first kappa shape index (κ1) is 33.8. The predicted molar refractivity (Wildman–Crippen MR) is 111 cm³/mol. The largest absolute Gasteiger partial charge is 4.00 e. The van der Waals surface area contributed by atoms with E-state index in [1.165, 1.54) is 12.1 Å². The van der Waals surface area contributed by atoms with Crippen molar-refractivity contribution in [3.63, 3.8) is 0 Å². The van der Waals surface area contributed by atoms with E-state index >= 15 is 0 Å². The molecule has 0 fully saturated rings. The fraction of sp³-hybridized carbons (Fsp3) is 0.333. The topological polar surface area (TPSA) is 34.1 Å². The summed E-state index contributed by atoms with van der Waals surface area (Å²) in [5.74, 6) is -3.94. The van der Waals surface area contributed by atoms with Crippen LogP contribution in [0.5, 0.6) is 0 Å². The number of unbranched alkanes of at least 4 members (excludes halogenated alkanes) is 2. The van der Waals surface area contributed by atoms with Gasteiger partial charge in [-0.05, 0) is 25.7 Å². The van der Waals surface area contributed by atoms with Crippen molar-refractivity contribution in [2.45, 2.75) is 52.4 Å². The number of ketones is 2. The summed E-state index contributed by atoms with van der Waals surface area (Å²) in [4.78, 5) is 22.7. The molecule has 0 saturated heterocycles. The summed E-state index contributed by atoms with van der Waals surface area (Å²) in [6.45, 7) is 3.89. The van der Waals surface area contributed by atoms with Gasteiger partial charge in [0.05, 0.1) is 0 Å². The molecule has 0 aliphatic rings. The van der Waals surface area contributed by atoms with Gasteiger partial charge in [0.25, 0.3) is 0 Å². The van der Waals surface area contributed by atoms with Crippen molar-refractivity contribution < 1.29 is 48.9 Å². The van der Waals surface area contributed by atoms with Gasteiger partial charge >= 0.3 is 21.7 Å². The van der Waals surface area contributed by atoms with Gasteiger partial charge in [-0.2, -0.15) is 12.1 Å². The van der Waals surface area contributed by atoms with Crippen LogP contribution in [0.25, 0.3) is 0 Å². The van der Waals surface area contributed by atoms with E-state index in [9.17, 15) is 27.2 Å². The summed E-state index contributed by atoms with van der Waals surface area (Å²) in [5.41, 5.74) is -0.139. The molecule has 2 nitrogen and oxygen atoms in total. The van der Waals surface area contributed by atoms with Crippen molar-refractivity contribution in [1.82, 2.24) is 0 Å². The van der Waals surface area contributed by atoms with E-state index in [0.29, 0.717) is 12.8 Å². The van der Waals surface area contributed by atoms with Crippen molar-refractivity contribution >= 4 is 11.6 Å². The predicted octanol–water partition coefficient (Wildman–Crippen LogP) is 7.17. The molecule has 2 rings (SSSR count).